The van der Waals surface area contributed by atoms with E-state index in [4.69, 9.17) is 0 Å². The van der Waals surface area contributed by atoms with E-state index in [1.165, 1.54) is 11.8 Å². The van der Waals surface area contributed by atoms with Crippen molar-refractivity contribution in [2.45, 2.75) is 25.7 Å². The van der Waals surface area contributed by atoms with Gasteiger partial charge < -0.3 is 4.90 Å². The SMILES string of the molecule is C[C@H]1CN(C(=O)CCS(C)(=O)=O)CC[C@H]1c1ccccc1. The number of piperidine rings is 1. The first-order chi connectivity index (χ1) is 9.87. The predicted octanol–water partition coefficient (Wildman–Crippen LogP) is 2.07. The van der Waals surface area contributed by atoms with Gasteiger partial charge in [0.05, 0.1) is 5.75 Å². The Morgan fingerprint density at radius 1 is 1.29 bits per heavy atom. The molecule has 1 heterocycles. The summed E-state index contributed by atoms with van der Waals surface area (Å²) >= 11 is 0. The zero-order valence-electron chi connectivity index (χ0n) is 12.7. The Hall–Kier alpha value is -1.36. The van der Waals surface area contributed by atoms with Crippen LogP contribution in [0.25, 0.3) is 0 Å². The van der Waals surface area contributed by atoms with Gasteiger partial charge in [-0.05, 0) is 23.8 Å². The van der Waals surface area contributed by atoms with Gasteiger partial charge in [-0.1, -0.05) is 37.3 Å². The molecule has 2 atom stereocenters. The van der Waals surface area contributed by atoms with Crippen LogP contribution in [0.2, 0.25) is 0 Å². The van der Waals surface area contributed by atoms with Crippen LogP contribution in [0.3, 0.4) is 0 Å². The third kappa shape index (κ3) is 4.56. The number of rotatable bonds is 4. The number of benzene rings is 1. The first-order valence-electron chi connectivity index (χ1n) is 7.37. The molecule has 0 N–H and O–H groups in total. The quantitative estimate of drug-likeness (QED) is 0.855. The molecule has 1 saturated heterocycles. The van der Waals surface area contributed by atoms with E-state index in [0.717, 1.165) is 6.42 Å². The van der Waals surface area contributed by atoms with E-state index in [1.54, 1.807) is 0 Å². The van der Waals surface area contributed by atoms with Gasteiger partial charge in [0, 0.05) is 25.8 Å². The van der Waals surface area contributed by atoms with Crippen LogP contribution in [0.15, 0.2) is 30.3 Å². The Balaban J connectivity index is 1.93. The van der Waals surface area contributed by atoms with Crippen molar-refractivity contribution in [1.82, 2.24) is 4.90 Å². The molecule has 1 fully saturated rings. The summed E-state index contributed by atoms with van der Waals surface area (Å²) in [6, 6.07) is 10.4. The molecule has 116 valence electrons. The molecule has 5 heteroatoms. The number of nitrogens with zero attached hydrogens (tertiary/aromatic N) is 1. The summed E-state index contributed by atoms with van der Waals surface area (Å²) in [5.74, 6) is 0.769. The number of hydrogen-bond acceptors (Lipinski definition) is 3. The van der Waals surface area contributed by atoms with Gasteiger partial charge in [0.2, 0.25) is 5.91 Å². The molecule has 0 unspecified atom stereocenters. The fourth-order valence-corrected chi connectivity index (χ4v) is 3.54. The Kier molecular flexibility index (Phi) is 5.04. The molecule has 4 nitrogen and oxygen atoms in total. The fourth-order valence-electron chi connectivity index (χ4n) is 3.00. The van der Waals surface area contributed by atoms with E-state index >= 15 is 0 Å². The van der Waals surface area contributed by atoms with Gasteiger partial charge in [0.25, 0.3) is 0 Å². The number of carbonyl (C=O) groups is 1. The lowest BCUT2D eigenvalue weighted by Crippen LogP contribution is -2.42. The van der Waals surface area contributed by atoms with Crippen LogP contribution in [-0.4, -0.2) is 44.3 Å². The number of amides is 1. The zero-order valence-corrected chi connectivity index (χ0v) is 13.5. The molecule has 0 aliphatic carbocycles. The molecular weight excluding hydrogens is 286 g/mol. The summed E-state index contributed by atoms with van der Waals surface area (Å²) < 4.78 is 22.3. The molecule has 0 bridgehead atoms. The largest absolute Gasteiger partial charge is 0.342 e. The second kappa shape index (κ2) is 6.60. The van der Waals surface area contributed by atoms with Gasteiger partial charge in [0.1, 0.15) is 9.84 Å². The van der Waals surface area contributed by atoms with E-state index in [9.17, 15) is 13.2 Å². The minimum absolute atomic E-state index is 0.0428. The molecule has 1 aliphatic heterocycles. The first-order valence-corrected chi connectivity index (χ1v) is 9.43. The molecule has 1 aromatic carbocycles. The highest BCUT2D eigenvalue weighted by atomic mass is 32.2. The monoisotopic (exact) mass is 309 g/mol. The number of likely N-dealkylation sites (tertiary alicyclic amines) is 1. The third-order valence-corrected chi connectivity index (χ3v) is 5.12. The highest BCUT2D eigenvalue weighted by Gasteiger charge is 2.29. The molecule has 2 rings (SSSR count). The topological polar surface area (TPSA) is 54.5 Å². The van der Waals surface area contributed by atoms with E-state index in [0.29, 0.717) is 24.9 Å². The lowest BCUT2D eigenvalue weighted by atomic mass is 9.81. The lowest BCUT2D eigenvalue weighted by molar-refractivity contribution is -0.132. The second-order valence-electron chi connectivity index (χ2n) is 6.00. The van der Waals surface area contributed by atoms with Gasteiger partial charge in [-0.2, -0.15) is 0 Å². The van der Waals surface area contributed by atoms with Crippen LogP contribution in [0.4, 0.5) is 0 Å². The highest BCUT2D eigenvalue weighted by Crippen LogP contribution is 2.32. The second-order valence-corrected chi connectivity index (χ2v) is 8.26. The van der Waals surface area contributed by atoms with Crippen molar-refractivity contribution in [1.29, 1.82) is 0 Å². The summed E-state index contributed by atoms with van der Waals surface area (Å²) in [4.78, 5) is 13.9. The van der Waals surface area contributed by atoms with Crippen molar-refractivity contribution >= 4 is 15.7 Å². The van der Waals surface area contributed by atoms with Crippen LogP contribution in [0.1, 0.15) is 31.2 Å². The average Bonchev–Trinajstić information content (AvgIpc) is 2.45. The Labute approximate surface area is 127 Å². The van der Waals surface area contributed by atoms with Gasteiger partial charge in [-0.15, -0.1) is 0 Å². The van der Waals surface area contributed by atoms with Crippen LogP contribution in [0, 0.1) is 5.92 Å². The van der Waals surface area contributed by atoms with Crippen molar-refractivity contribution in [3.63, 3.8) is 0 Å². The smallest absolute Gasteiger partial charge is 0.223 e. The van der Waals surface area contributed by atoms with Crippen molar-refractivity contribution in [2.24, 2.45) is 5.92 Å². The van der Waals surface area contributed by atoms with Crippen molar-refractivity contribution in [3.8, 4) is 0 Å². The van der Waals surface area contributed by atoms with E-state index in [2.05, 4.69) is 19.1 Å². The third-order valence-electron chi connectivity index (χ3n) is 4.17. The number of hydrogen-bond donors (Lipinski definition) is 0. The predicted molar refractivity (Wildman–Crippen MR) is 83.9 cm³/mol. The molecular formula is C16H23NO3S. The standard InChI is InChI=1S/C16H23NO3S/c1-13-12-17(16(18)9-11-21(2,19)20)10-8-15(13)14-6-4-3-5-7-14/h3-7,13,15H,8-12H2,1-2H3/t13-,15+/m0/s1. The molecule has 1 aromatic rings. The summed E-state index contributed by atoms with van der Waals surface area (Å²) in [5.41, 5.74) is 1.33. The van der Waals surface area contributed by atoms with Gasteiger partial charge in [-0.3, -0.25) is 4.79 Å². The van der Waals surface area contributed by atoms with Crippen molar-refractivity contribution in [2.75, 3.05) is 25.1 Å². The Morgan fingerprint density at radius 2 is 1.95 bits per heavy atom. The maximum Gasteiger partial charge on any atom is 0.223 e. The Morgan fingerprint density at radius 3 is 2.52 bits per heavy atom. The van der Waals surface area contributed by atoms with Crippen LogP contribution >= 0.6 is 0 Å². The van der Waals surface area contributed by atoms with Crippen LogP contribution < -0.4 is 0 Å². The number of carbonyl (C=O) groups excluding carboxylic acids is 1. The normalized spacial score (nSPS) is 23.0. The zero-order chi connectivity index (χ0) is 15.5. The van der Waals surface area contributed by atoms with Crippen LogP contribution in [-0.2, 0) is 14.6 Å². The molecule has 0 aromatic heterocycles. The lowest BCUT2D eigenvalue weighted by Gasteiger charge is -2.37. The van der Waals surface area contributed by atoms with Crippen molar-refractivity contribution in [3.05, 3.63) is 35.9 Å². The minimum Gasteiger partial charge on any atom is -0.342 e. The molecule has 0 saturated carbocycles. The number of sulfone groups is 1. The average molecular weight is 309 g/mol. The molecule has 1 aliphatic rings. The fraction of sp³-hybridized carbons (Fsp3) is 0.562. The molecule has 21 heavy (non-hydrogen) atoms. The Bertz CT molecular complexity index is 583. The summed E-state index contributed by atoms with van der Waals surface area (Å²) in [6.45, 7) is 3.59. The molecule has 1 amide bonds. The first kappa shape index (κ1) is 16.0. The van der Waals surface area contributed by atoms with Gasteiger partial charge in [-0.25, -0.2) is 8.42 Å². The maximum atomic E-state index is 12.1. The van der Waals surface area contributed by atoms with Gasteiger partial charge in [0.15, 0.2) is 0 Å². The van der Waals surface area contributed by atoms with Crippen molar-refractivity contribution < 1.29 is 13.2 Å². The van der Waals surface area contributed by atoms with E-state index in [1.807, 2.05) is 23.1 Å². The minimum atomic E-state index is -3.07. The van der Waals surface area contributed by atoms with Gasteiger partial charge >= 0.3 is 0 Å². The van der Waals surface area contributed by atoms with E-state index < -0.39 is 9.84 Å². The highest BCUT2D eigenvalue weighted by molar-refractivity contribution is 7.90. The summed E-state index contributed by atoms with van der Waals surface area (Å²) in [6.07, 6.45) is 2.21. The molecule has 0 radical (unpaired) electrons. The van der Waals surface area contributed by atoms with Crippen LogP contribution in [0.5, 0.6) is 0 Å². The summed E-state index contributed by atoms with van der Waals surface area (Å²) in [5, 5.41) is 0. The summed E-state index contributed by atoms with van der Waals surface area (Å²) in [7, 11) is -3.07. The molecule has 0 spiro atoms. The van der Waals surface area contributed by atoms with E-state index in [-0.39, 0.29) is 18.1 Å². The maximum absolute atomic E-state index is 12.1.